The summed E-state index contributed by atoms with van der Waals surface area (Å²) in [6, 6.07) is 15.8. The van der Waals surface area contributed by atoms with Crippen molar-refractivity contribution in [3.8, 4) is 17.2 Å². The van der Waals surface area contributed by atoms with Crippen LogP contribution in [0.4, 0.5) is 0 Å². The molecule has 110 valence electrons. The van der Waals surface area contributed by atoms with E-state index in [4.69, 9.17) is 18.5 Å². The second kappa shape index (κ2) is 6.79. The molecule has 1 unspecified atom stereocenters. The van der Waals surface area contributed by atoms with Gasteiger partial charge in [0.1, 0.15) is 5.75 Å². The molecule has 21 heavy (non-hydrogen) atoms. The maximum Gasteiger partial charge on any atom is 0.234 e. The zero-order chi connectivity index (χ0) is 14.5. The van der Waals surface area contributed by atoms with Gasteiger partial charge in [-0.15, -0.1) is 0 Å². The van der Waals surface area contributed by atoms with Crippen LogP contribution in [0.1, 0.15) is 12.5 Å². The van der Waals surface area contributed by atoms with Crippen LogP contribution >= 0.6 is 8.38 Å². The van der Waals surface area contributed by atoms with Gasteiger partial charge in [-0.1, -0.05) is 30.3 Å². The molecule has 1 aliphatic rings. The van der Waals surface area contributed by atoms with E-state index in [0.717, 1.165) is 23.4 Å². The molecule has 0 aromatic heterocycles. The van der Waals surface area contributed by atoms with E-state index in [-0.39, 0.29) is 6.79 Å². The van der Waals surface area contributed by atoms with Crippen molar-refractivity contribution in [2.75, 3.05) is 13.4 Å². The fourth-order valence-electron chi connectivity index (χ4n) is 2.03. The van der Waals surface area contributed by atoms with E-state index in [1.54, 1.807) is 0 Å². The first-order chi connectivity index (χ1) is 10.3. The first-order valence-corrected chi connectivity index (χ1v) is 8.23. The minimum absolute atomic E-state index is 0.267. The monoisotopic (exact) mass is 304 g/mol. The number of benzene rings is 2. The van der Waals surface area contributed by atoms with Gasteiger partial charge in [-0.05, 0) is 24.6 Å². The van der Waals surface area contributed by atoms with Gasteiger partial charge >= 0.3 is 0 Å². The molecule has 1 atom stereocenters. The Morgan fingerprint density at radius 2 is 1.86 bits per heavy atom. The van der Waals surface area contributed by atoms with Gasteiger partial charge in [0, 0.05) is 6.07 Å². The van der Waals surface area contributed by atoms with Crippen molar-refractivity contribution in [1.82, 2.24) is 0 Å². The minimum atomic E-state index is -1.02. The molecule has 0 spiro atoms. The summed E-state index contributed by atoms with van der Waals surface area (Å²) in [5, 5.41) is 0. The van der Waals surface area contributed by atoms with Crippen molar-refractivity contribution in [2.45, 2.75) is 13.1 Å². The molecule has 0 aliphatic carbocycles. The van der Waals surface area contributed by atoms with Gasteiger partial charge in [-0.3, -0.25) is 0 Å². The molecule has 0 saturated carbocycles. The summed E-state index contributed by atoms with van der Waals surface area (Å²) in [6.07, 6.45) is 0.762. The molecule has 4 nitrogen and oxygen atoms in total. The van der Waals surface area contributed by atoms with Crippen molar-refractivity contribution in [3.05, 3.63) is 54.1 Å². The Labute approximate surface area is 125 Å². The van der Waals surface area contributed by atoms with Gasteiger partial charge in [0.2, 0.25) is 15.2 Å². The molecular weight excluding hydrogens is 287 g/mol. The summed E-state index contributed by atoms with van der Waals surface area (Å²) in [6.45, 7) is 2.87. The van der Waals surface area contributed by atoms with Crippen LogP contribution in [0.2, 0.25) is 0 Å². The van der Waals surface area contributed by atoms with Crippen molar-refractivity contribution in [1.29, 1.82) is 0 Å². The Morgan fingerprint density at radius 1 is 1.05 bits per heavy atom. The third-order valence-electron chi connectivity index (χ3n) is 2.98. The largest absolute Gasteiger partial charge is 0.454 e. The van der Waals surface area contributed by atoms with Gasteiger partial charge in [-0.2, -0.15) is 0 Å². The Hall–Kier alpha value is -1.77. The lowest BCUT2D eigenvalue weighted by atomic mass is 10.2. The molecule has 0 fully saturated rings. The van der Waals surface area contributed by atoms with Crippen molar-refractivity contribution >= 4 is 8.38 Å². The summed E-state index contributed by atoms with van der Waals surface area (Å²) < 4.78 is 22.4. The van der Waals surface area contributed by atoms with Gasteiger partial charge in [0.05, 0.1) is 12.8 Å². The third kappa shape index (κ3) is 3.66. The summed E-state index contributed by atoms with van der Waals surface area (Å²) in [7, 11) is -1.02. The second-order valence-corrected chi connectivity index (χ2v) is 5.92. The van der Waals surface area contributed by atoms with Crippen LogP contribution < -0.4 is 14.0 Å². The fourth-order valence-corrected chi connectivity index (χ4v) is 3.39. The number of fused-ring (bicyclic) bond motifs is 1. The number of hydrogen-bond donors (Lipinski definition) is 0. The maximum atomic E-state index is 5.99. The number of ether oxygens (including phenoxy) is 2. The summed E-state index contributed by atoms with van der Waals surface area (Å²) in [4.78, 5) is 0. The lowest BCUT2D eigenvalue weighted by Gasteiger charge is -2.17. The summed E-state index contributed by atoms with van der Waals surface area (Å²) in [5.74, 6) is 2.22. The molecule has 0 bridgehead atoms. The molecule has 0 saturated heterocycles. The van der Waals surface area contributed by atoms with Crippen LogP contribution in [0.25, 0.3) is 0 Å². The molecule has 0 radical (unpaired) electrons. The standard InChI is InChI=1S/C16H17O4P/c1-2-19-21(11-13-6-4-3-5-7-13)20-14-8-9-15-16(10-14)18-12-17-15/h3-10H,2,11-12H2,1H3. The molecule has 3 rings (SSSR count). The van der Waals surface area contributed by atoms with E-state index in [1.807, 2.05) is 43.3 Å². The number of rotatable bonds is 6. The quantitative estimate of drug-likeness (QED) is 0.744. The van der Waals surface area contributed by atoms with E-state index in [0.29, 0.717) is 6.61 Å². The summed E-state index contributed by atoms with van der Waals surface area (Å²) >= 11 is 0. The zero-order valence-corrected chi connectivity index (χ0v) is 12.7. The smallest absolute Gasteiger partial charge is 0.234 e. The van der Waals surface area contributed by atoms with Crippen LogP contribution in [-0.2, 0) is 10.7 Å². The van der Waals surface area contributed by atoms with Gasteiger partial charge in [0.25, 0.3) is 0 Å². The highest BCUT2D eigenvalue weighted by atomic mass is 31.2. The van der Waals surface area contributed by atoms with E-state index < -0.39 is 8.38 Å². The first-order valence-electron chi connectivity index (χ1n) is 6.87. The van der Waals surface area contributed by atoms with Gasteiger partial charge < -0.3 is 18.5 Å². The highest BCUT2D eigenvalue weighted by molar-refractivity contribution is 7.46. The van der Waals surface area contributed by atoms with Crippen LogP contribution in [0, 0.1) is 0 Å². The minimum Gasteiger partial charge on any atom is -0.454 e. The average molecular weight is 304 g/mol. The van der Waals surface area contributed by atoms with E-state index in [1.165, 1.54) is 5.56 Å². The van der Waals surface area contributed by atoms with E-state index in [9.17, 15) is 0 Å². The van der Waals surface area contributed by atoms with Crippen LogP contribution in [-0.4, -0.2) is 13.4 Å². The molecule has 2 aromatic carbocycles. The Balaban J connectivity index is 1.70. The molecule has 1 aliphatic heterocycles. The molecule has 0 N–H and O–H groups in total. The normalized spacial score (nSPS) is 14.0. The van der Waals surface area contributed by atoms with Gasteiger partial charge in [0.15, 0.2) is 11.5 Å². The van der Waals surface area contributed by atoms with E-state index >= 15 is 0 Å². The SMILES string of the molecule is CCOP(Cc1ccccc1)Oc1ccc2c(c1)OCO2. The topological polar surface area (TPSA) is 36.9 Å². The second-order valence-electron chi connectivity index (χ2n) is 4.50. The lowest BCUT2D eigenvalue weighted by molar-refractivity contribution is 0.174. The summed E-state index contributed by atoms with van der Waals surface area (Å²) in [5.41, 5.74) is 1.21. The lowest BCUT2D eigenvalue weighted by Crippen LogP contribution is -1.96. The third-order valence-corrected chi connectivity index (χ3v) is 4.56. The number of hydrogen-bond acceptors (Lipinski definition) is 4. The van der Waals surface area contributed by atoms with Crippen LogP contribution in [0.15, 0.2) is 48.5 Å². The van der Waals surface area contributed by atoms with Crippen molar-refractivity contribution in [2.24, 2.45) is 0 Å². The Morgan fingerprint density at radius 3 is 2.67 bits per heavy atom. The molecule has 5 heteroatoms. The fraction of sp³-hybridized carbons (Fsp3) is 0.250. The Bertz CT molecular complexity index is 588. The molecular formula is C16H17O4P. The Kier molecular flexibility index (Phi) is 4.59. The first kappa shape index (κ1) is 14.2. The van der Waals surface area contributed by atoms with Crippen molar-refractivity contribution in [3.63, 3.8) is 0 Å². The molecule has 1 heterocycles. The van der Waals surface area contributed by atoms with Crippen molar-refractivity contribution < 1.29 is 18.5 Å². The average Bonchev–Trinajstić information content (AvgIpc) is 2.96. The zero-order valence-electron chi connectivity index (χ0n) is 11.8. The highest BCUT2D eigenvalue weighted by Gasteiger charge is 2.17. The molecule has 2 aromatic rings. The van der Waals surface area contributed by atoms with E-state index in [2.05, 4.69) is 12.1 Å². The van der Waals surface area contributed by atoms with Crippen LogP contribution in [0.5, 0.6) is 17.2 Å². The van der Waals surface area contributed by atoms with Gasteiger partial charge in [-0.25, -0.2) is 0 Å². The predicted octanol–water partition coefficient (Wildman–Crippen LogP) is 4.34. The highest BCUT2D eigenvalue weighted by Crippen LogP contribution is 2.45. The van der Waals surface area contributed by atoms with Crippen LogP contribution in [0.3, 0.4) is 0 Å². The predicted molar refractivity (Wildman–Crippen MR) is 81.9 cm³/mol. The maximum absolute atomic E-state index is 5.99. The molecule has 0 amide bonds.